The minimum Gasteiger partial charge on any atom is -0.259 e. The summed E-state index contributed by atoms with van der Waals surface area (Å²) in [4.78, 5) is 9.33. The van der Waals surface area contributed by atoms with Crippen LogP contribution in [-0.2, 0) is 0 Å². The van der Waals surface area contributed by atoms with Crippen LogP contribution in [0.5, 0.6) is 0 Å². The van der Waals surface area contributed by atoms with Gasteiger partial charge in [0.2, 0.25) is 0 Å². The van der Waals surface area contributed by atoms with E-state index < -0.39 is 0 Å². The molecule has 0 spiro atoms. The van der Waals surface area contributed by atoms with E-state index in [-0.39, 0.29) is 0 Å². The second-order valence-corrected chi connectivity index (χ2v) is 4.76. The third-order valence-corrected chi connectivity index (χ3v) is 2.92. The number of aliphatic imine (C=N–C) groups is 2. The van der Waals surface area contributed by atoms with Crippen LogP contribution in [0.3, 0.4) is 0 Å². The van der Waals surface area contributed by atoms with E-state index in [0.29, 0.717) is 11.8 Å². The molecule has 2 nitrogen and oxygen atoms in total. The first-order valence-corrected chi connectivity index (χ1v) is 5.45. The van der Waals surface area contributed by atoms with Crippen molar-refractivity contribution < 1.29 is 0 Å². The molecule has 0 aromatic rings. The monoisotopic (exact) mass is 190 g/mol. The van der Waals surface area contributed by atoms with E-state index in [9.17, 15) is 0 Å². The van der Waals surface area contributed by atoms with E-state index in [1.807, 2.05) is 0 Å². The number of hydrogen-bond donors (Lipinski definition) is 0. The van der Waals surface area contributed by atoms with Gasteiger partial charge < -0.3 is 0 Å². The summed E-state index contributed by atoms with van der Waals surface area (Å²) in [5, 5.41) is 0. The van der Waals surface area contributed by atoms with Crippen molar-refractivity contribution in [3.63, 3.8) is 0 Å². The molecule has 2 aliphatic rings. The Morgan fingerprint density at radius 2 is 1.14 bits per heavy atom. The highest BCUT2D eigenvalue weighted by molar-refractivity contribution is 5.98. The Kier molecular flexibility index (Phi) is 2.30. The Hall–Kier alpha value is -0.920. The van der Waals surface area contributed by atoms with Gasteiger partial charge in [-0.3, -0.25) is 9.98 Å². The Morgan fingerprint density at radius 1 is 0.786 bits per heavy atom. The molecule has 0 bridgehead atoms. The first-order chi connectivity index (χ1) is 6.58. The van der Waals surface area contributed by atoms with Crippen LogP contribution >= 0.6 is 0 Å². The van der Waals surface area contributed by atoms with Crippen LogP contribution in [0, 0.1) is 11.8 Å². The Labute approximate surface area is 85.8 Å². The quantitative estimate of drug-likeness (QED) is 0.639. The van der Waals surface area contributed by atoms with Crippen LogP contribution in [0.1, 0.15) is 40.5 Å². The van der Waals surface area contributed by atoms with Gasteiger partial charge in [0.05, 0.1) is 11.4 Å². The van der Waals surface area contributed by atoms with Crippen molar-refractivity contribution >= 4 is 11.4 Å². The van der Waals surface area contributed by atoms with E-state index in [1.54, 1.807) is 0 Å². The minimum absolute atomic E-state index is 0.568. The molecule has 0 atom stereocenters. The van der Waals surface area contributed by atoms with Crippen molar-refractivity contribution in [1.29, 1.82) is 0 Å². The van der Waals surface area contributed by atoms with E-state index in [4.69, 9.17) is 0 Å². The molecule has 0 saturated heterocycles. The van der Waals surface area contributed by atoms with E-state index >= 15 is 0 Å². The predicted octanol–water partition coefficient (Wildman–Crippen LogP) is 3.20. The van der Waals surface area contributed by atoms with Crippen molar-refractivity contribution in [2.45, 2.75) is 40.5 Å². The predicted molar refractivity (Wildman–Crippen MR) is 60.8 cm³/mol. The topological polar surface area (TPSA) is 24.7 Å². The molecule has 2 heteroatoms. The maximum absolute atomic E-state index is 4.66. The van der Waals surface area contributed by atoms with E-state index in [0.717, 1.165) is 12.8 Å². The van der Waals surface area contributed by atoms with Gasteiger partial charge in [0, 0.05) is 24.3 Å². The van der Waals surface area contributed by atoms with Crippen molar-refractivity contribution in [3.8, 4) is 0 Å². The Morgan fingerprint density at radius 3 is 1.43 bits per heavy atom. The minimum atomic E-state index is 0.568. The fourth-order valence-corrected chi connectivity index (χ4v) is 1.85. The smallest absolute Gasteiger partial charge is 0.0677 e. The average Bonchev–Trinajstić information content (AvgIpc) is 2.57. The second kappa shape index (κ2) is 3.34. The fraction of sp³-hybridized carbons (Fsp3) is 0.667. The third-order valence-electron chi connectivity index (χ3n) is 2.92. The SMILES string of the molecule is CC(C)C1=NC2=C(C1)N=C(C(C)C)C2. The second-order valence-electron chi connectivity index (χ2n) is 4.76. The summed E-state index contributed by atoms with van der Waals surface area (Å²) in [7, 11) is 0. The molecule has 0 saturated carbocycles. The molecule has 0 aliphatic carbocycles. The summed E-state index contributed by atoms with van der Waals surface area (Å²) in [6, 6.07) is 0. The maximum atomic E-state index is 4.66. The zero-order chi connectivity index (χ0) is 10.3. The lowest BCUT2D eigenvalue weighted by molar-refractivity contribution is 0.853. The lowest BCUT2D eigenvalue weighted by Crippen LogP contribution is -2.08. The standard InChI is InChI=1S/C12H18N2/c1-7(2)9-5-11-12(13-9)6-10(14-11)8(3)4/h7-8H,5-6H2,1-4H3. The van der Waals surface area contributed by atoms with Gasteiger partial charge in [-0.1, -0.05) is 27.7 Å². The van der Waals surface area contributed by atoms with Crippen LogP contribution in [-0.4, -0.2) is 11.4 Å². The number of rotatable bonds is 2. The molecule has 2 heterocycles. The van der Waals surface area contributed by atoms with Crippen molar-refractivity contribution in [1.82, 2.24) is 0 Å². The van der Waals surface area contributed by atoms with Gasteiger partial charge >= 0.3 is 0 Å². The molecule has 2 rings (SSSR count). The summed E-state index contributed by atoms with van der Waals surface area (Å²) in [6.07, 6.45) is 1.98. The van der Waals surface area contributed by atoms with Crippen LogP contribution in [0.25, 0.3) is 0 Å². The molecule has 2 aliphatic heterocycles. The molecule has 0 fully saturated rings. The Balaban J connectivity index is 2.09. The lowest BCUT2D eigenvalue weighted by atomic mass is 10.1. The molecule has 76 valence electrons. The summed E-state index contributed by atoms with van der Waals surface area (Å²) < 4.78 is 0. The van der Waals surface area contributed by atoms with Crippen molar-refractivity contribution in [2.24, 2.45) is 21.8 Å². The lowest BCUT2D eigenvalue weighted by Gasteiger charge is -2.07. The molecule has 0 aromatic heterocycles. The van der Waals surface area contributed by atoms with Crippen molar-refractivity contribution in [2.75, 3.05) is 0 Å². The molecule has 0 N–H and O–H groups in total. The van der Waals surface area contributed by atoms with Gasteiger partial charge in [0.1, 0.15) is 0 Å². The number of allylic oxidation sites excluding steroid dienone is 2. The molecular weight excluding hydrogens is 172 g/mol. The van der Waals surface area contributed by atoms with E-state index in [1.165, 1.54) is 22.8 Å². The van der Waals surface area contributed by atoms with Gasteiger partial charge in [-0.05, 0) is 11.8 Å². The molecule has 0 unspecified atom stereocenters. The molecule has 14 heavy (non-hydrogen) atoms. The largest absolute Gasteiger partial charge is 0.259 e. The number of hydrogen-bond acceptors (Lipinski definition) is 2. The zero-order valence-electron chi connectivity index (χ0n) is 9.46. The molecular formula is C12H18N2. The van der Waals surface area contributed by atoms with Crippen LogP contribution < -0.4 is 0 Å². The van der Waals surface area contributed by atoms with Gasteiger partial charge in [-0.25, -0.2) is 0 Å². The molecule has 0 amide bonds. The highest BCUT2D eigenvalue weighted by Gasteiger charge is 2.26. The van der Waals surface area contributed by atoms with Crippen LogP contribution in [0.15, 0.2) is 21.4 Å². The summed E-state index contributed by atoms with van der Waals surface area (Å²) >= 11 is 0. The maximum Gasteiger partial charge on any atom is 0.0677 e. The van der Waals surface area contributed by atoms with Crippen LogP contribution in [0.4, 0.5) is 0 Å². The average molecular weight is 190 g/mol. The summed E-state index contributed by atoms with van der Waals surface area (Å²) in [5.41, 5.74) is 5.08. The summed E-state index contributed by atoms with van der Waals surface area (Å²) in [5.74, 6) is 1.14. The van der Waals surface area contributed by atoms with Gasteiger partial charge in [0.25, 0.3) is 0 Å². The number of nitrogens with zero attached hydrogens (tertiary/aromatic N) is 2. The fourth-order valence-electron chi connectivity index (χ4n) is 1.85. The molecule has 0 radical (unpaired) electrons. The highest BCUT2D eigenvalue weighted by Crippen LogP contribution is 2.33. The summed E-state index contributed by atoms with van der Waals surface area (Å²) in [6.45, 7) is 8.81. The first kappa shape index (κ1) is 9.63. The van der Waals surface area contributed by atoms with Crippen molar-refractivity contribution in [3.05, 3.63) is 11.4 Å². The van der Waals surface area contributed by atoms with Gasteiger partial charge in [-0.2, -0.15) is 0 Å². The Bertz CT molecular complexity index is 309. The third kappa shape index (κ3) is 1.54. The zero-order valence-corrected chi connectivity index (χ0v) is 9.46. The molecule has 0 aromatic carbocycles. The van der Waals surface area contributed by atoms with E-state index in [2.05, 4.69) is 37.7 Å². The highest BCUT2D eigenvalue weighted by atomic mass is 14.9. The first-order valence-electron chi connectivity index (χ1n) is 5.45. The normalized spacial score (nSPS) is 20.7. The van der Waals surface area contributed by atoms with Gasteiger partial charge in [-0.15, -0.1) is 0 Å². The van der Waals surface area contributed by atoms with Gasteiger partial charge in [0.15, 0.2) is 0 Å². The van der Waals surface area contributed by atoms with Crippen LogP contribution in [0.2, 0.25) is 0 Å².